The maximum atomic E-state index is 8.53. The Morgan fingerprint density at radius 2 is 2.24 bits per heavy atom. The number of hydrogen-bond donors (Lipinski definition) is 2. The molecule has 0 fully saturated rings. The molecule has 17 heavy (non-hydrogen) atoms. The standard InChI is InChI=1S/C11H18ClN3O2/c1-2-3-9-8-10(12)15-11(14-9)13-4-6-17-7-5-16/h8,16H,2-7H2,1H3,(H,13,14,15). The molecule has 0 radical (unpaired) electrons. The van der Waals surface area contributed by atoms with Crippen LogP contribution in [0.25, 0.3) is 0 Å². The number of rotatable bonds is 8. The summed E-state index contributed by atoms with van der Waals surface area (Å²) in [5.74, 6) is 0.522. The maximum absolute atomic E-state index is 8.53. The highest BCUT2D eigenvalue weighted by molar-refractivity contribution is 6.29. The number of halogens is 1. The van der Waals surface area contributed by atoms with E-state index in [9.17, 15) is 0 Å². The highest BCUT2D eigenvalue weighted by atomic mass is 35.5. The molecule has 1 rings (SSSR count). The molecule has 0 saturated heterocycles. The van der Waals surface area contributed by atoms with Gasteiger partial charge in [0.15, 0.2) is 0 Å². The van der Waals surface area contributed by atoms with E-state index in [0.29, 0.717) is 30.9 Å². The fraction of sp³-hybridized carbons (Fsp3) is 0.636. The van der Waals surface area contributed by atoms with Crippen LogP contribution in [-0.2, 0) is 11.2 Å². The number of aromatic nitrogens is 2. The summed E-state index contributed by atoms with van der Waals surface area (Å²) in [6.07, 6.45) is 1.91. The van der Waals surface area contributed by atoms with Gasteiger partial charge in [0.2, 0.25) is 5.95 Å². The van der Waals surface area contributed by atoms with Gasteiger partial charge < -0.3 is 15.2 Å². The molecular formula is C11H18ClN3O2. The van der Waals surface area contributed by atoms with Crippen LogP contribution in [0.5, 0.6) is 0 Å². The van der Waals surface area contributed by atoms with E-state index >= 15 is 0 Å². The maximum Gasteiger partial charge on any atom is 0.224 e. The second-order valence-electron chi connectivity index (χ2n) is 3.52. The van der Waals surface area contributed by atoms with Gasteiger partial charge in [0.25, 0.3) is 0 Å². The van der Waals surface area contributed by atoms with Crippen LogP contribution in [0.1, 0.15) is 19.0 Å². The molecule has 0 saturated carbocycles. The zero-order valence-electron chi connectivity index (χ0n) is 9.95. The van der Waals surface area contributed by atoms with Gasteiger partial charge >= 0.3 is 0 Å². The van der Waals surface area contributed by atoms with E-state index in [1.165, 1.54) is 0 Å². The van der Waals surface area contributed by atoms with E-state index < -0.39 is 0 Å². The molecule has 0 aromatic carbocycles. The number of nitrogens with zero attached hydrogens (tertiary/aromatic N) is 2. The van der Waals surface area contributed by atoms with E-state index in [1.54, 1.807) is 6.07 Å². The summed E-state index contributed by atoms with van der Waals surface area (Å²) in [5, 5.41) is 12.0. The summed E-state index contributed by atoms with van der Waals surface area (Å²) in [6.45, 7) is 3.56. The fourth-order valence-electron chi connectivity index (χ4n) is 1.33. The van der Waals surface area contributed by atoms with Gasteiger partial charge in [-0.1, -0.05) is 24.9 Å². The Hall–Kier alpha value is -0.910. The van der Waals surface area contributed by atoms with Crippen LogP contribution in [-0.4, -0.2) is 41.4 Å². The second kappa shape index (κ2) is 8.22. The van der Waals surface area contributed by atoms with E-state index in [-0.39, 0.29) is 6.61 Å². The lowest BCUT2D eigenvalue weighted by Gasteiger charge is -2.07. The van der Waals surface area contributed by atoms with Gasteiger partial charge in [0, 0.05) is 12.2 Å². The zero-order valence-corrected chi connectivity index (χ0v) is 10.7. The number of hydrogen-bond acceptors (Lipinski definition) is 5. The SMILES string of the molecule is CCCc1cc(Cl)nc(NCCOCCO)n1. The molecule has 1 aromatic rings. The molecule has 1 heterocycles. The highest BCUT2D eigenvalue weighted by Crippen LogP contribution is 2.11. The number of aliphatic hydroxyl groups excluding tert-OH is 1. The number of anilines is 1. The Labute approximate surface area is 106 Å². The van der Waals surface area contributed by atoms with E-state index in [0.717, 1.165) is 18.5 Å². The molecule has 0 unspecified atom stereocenters. The smallest absolute Gasteiger partial charge is 0.224 e. The summed E-state index contributed by atoms with van der Waals surface area (Å²) in [7, 11) is 0. The first-order chi connectivity index (χ1) is 8.26. The van der Waals surface area contributed by atoms with E-state index in [4.69, 9.17) is 21.4 Å². The Morgan fingerprint density at radius 1 is 1.41 bits per heavy atom. The van der Waals surface area contributed by atoms with Crippen LogP contribution in [0.2, 0.25) is 5.15 Å². The molecule has 0 aliphatic rings. The Bertz CT molecular complexity index is 336. The van der Waals surface area contributed by atoms with Crippen molar-refractivity contribution in [1.82, 2.24) is 9.97 Å². The molecule has 0 amide bonds. The topological polar surface area (TPSA) is 67.3 Å². The molecule has 0 aliphatic heterocycles. The summed E-state index contributed by atoms with van der Waals surface area (Å²) >= 11 is 5.89. The van der Waals surface area contributed by atoms with Crippen LogP contribution in [0.4, 0.5) is 5.95 Å². The largest absolute Gasteiger partial charge is 0.394 e. The van der Waals surface area contributed by atoms with Crippen LogP contribution in [0, 0.1) is 0 Å². The van der Waals surface area contributed by atoms with Crippen molar-refractivity contribution in [3.8, 4) is 0 Å². The Morgan fingerprint density at radius 3 is 2.94 bits per heavy atom. The van der Waals surface area contributed by atoms with Crippen LogP contribution >= 0.6 is 11.6 Å². The third-order valence-electron chi connectivity index (χ3n) is 2.02. The minimum absolute atomic E-state index is 0.0360. The lowest BCUT2D eigenvalue weighted by atomic mass is 10.2. The van der Waals surface area contributed by atoms with Gasteiger partial charge in [0.1, 0.15) is 5.15 Å². The van der Waals surface area contributed by atoms with Gasteiger partial charge in [-0.15, -0.1) is 0 Å². The predicted molar refractivity (Wildman–Crippen MR) is 67.4 cm³/mol. The predicted octanol–water partition coefficient (Wildman–Crippen LogP) is 1.50. The zero-order chi connectivity index (χ0) is 12.5. The van der Waals surface area contributed by atoms with Crippen molar-refractivity contribution >= 4 is 17.5 Å². The van der Waals surface area contributed by atoms with Gasteiger partial charge in [-0.25, -0.2) is 9.97 Å². The third-order valence-corrected chi connectivity index (χ3v) is 2.21. The third kappa shape index (κ3) is 5.81. The van der Waals surface area contributed by atoms with Crippen molar-refractivity contribution in [3.05, 3.63) is 16.9 Å². The molecule has 0 aliphatic carbocycles. The second-order valence-corrected chi connectivity index (χ2v) is 3.91. The number of aliphatic hydroxyl groups is 1. The van der Waals surface area contributed by atoms with Crippen molar-refractivity contribution in [2.45, 2.75) is 19.8 Å². The summed E-state index contributed by atoms with van der Waals surface area (Å²) in [6, 6.07) is 1.78. The van der Waals surface area contributed by atoms with Crippen molar-refractivity contribution in [1.29, 1.82) is 0 Å². The van der Waals surface area contributed by atoms with E-state index in [2.05, 4.69) is 22.2 Å². The van der Waals surface area contributed by atoms with Crippen LogP contribution in [0.3, 0.4) is 0 Å². The number of ether oxygens (including phenoxy) is 1. The average Bonchev–Trinajstić information content (AvgIpc) is 2.28. The highest BCUT2D eigenvalue weighted by Gasteiger charge is 2.02. The lowest BCUT2D eigenvalue weighted by molar-refractivity contribution is 0.0991. The first-order valence-corrected chi connectivity index (χ1v) is 6.10. The Kier molecular flexibility index (Phi) is 6.84. The molecule has 0 bridgehead atoms. The molecular weight excluding hydrogens is 242 g/mol. The van der Waals surface area contributed by atoms with Crippen molar-refractivity contribution in [2.75, 3.05) is 31.7 Å². The number of nitrogens with one attached hydrogen (secondary N) is 1. The molecule has 0 atom stereocenters. The minimum Gasteiger partial charge on any atom is -0.394 e. The van der Waals surface area contributed by atoms with Crippen molar-refractivity contribution in [3.63, 3.8) is 0 Å². The van der Waals surface area contributed by atoms with Crippen LogP contribution in [0.15, 0.2) is 6.07 Å². The lowest BCUT2D eigenvalue weighted by Crippen LogP contribution is -2.13. The fourth-order valence-corrected chi connectivity index (χ4v) is 1.54. The van der Waals surface area contributed by atoms with Gasteiger partial charge in [-0.3, -0.25) is 0 Å². The first kappa shape index (κ1) is 14.2. The molecule has 96 valence electrons. The molecule has 2 N–H and O–H groups in total. The molecule has 0 spiro atoms. The van der Waals surface area contributed by atoms with Crippen molar-refractivity contribution in [2.24, 2.45) is 0 Å². The average molecular weight is 260 g/mol. The molecule has 6 heteroatoms. The monoisotopic (exact) mass is 259 g/mol. The summed E-state index contributed by atoms with van der Waals surface area (Å²) < 4.78 is 5.11. The van der Waals surface area contributed by atoms with Crippen LogP contribution < -0.4 is 5.32 Å². The Balaban J connectivity index is 2.41. The summed E-state index contributed by atoms with van der Waals surface area (Å²) in [4.78, 5) is 8.40. The van der Waals surface area contributed by atoms with Gasteiger partial charge in [-0.05, 0) is 12.5 Å². The molecule has 1 aromatic heterocycles. The minimum atomic E-state index is 0.0360. The van der Waals surface area contributed by atoms with Gasteiger partial charge in [-0.2, -0.15) is 0 Å². The number of aryl methyl sites for hydroxylation is 1. The molecule has 5 nitrogen and oxygen atoms in total. The quantitative estimate of drug-likeness (QED) is 0.547. The van der Waals surface area contributed by atoms with E-state index in [1.807, 2.05) is 0 Å². The van der Waals surface area contributed by atoms with Gasteiger partial charge in [0.05, 0.1) is 19.8 Å². The normalized spacial score (nSPS) is 10.5. The van der Waals surface area contributed by atoms with Crippen molar-refractivity contribution < 1.29 is 9.84 Å². The first-order valence-electron chi connectivity index (χ1n) is 5.72. The summed E-state index contributed by atoms with van der Waals surface area (Å²) in [5.41, 5.74) is 0.936.